The standard InChI is InChI=1S/C21H25F3N6O/c1-3-30-16(11-13(2)28-30)20(31)26-15-9-7-14(8-10-15)25-18-5-4-6-19-27-17(12-29(18)19)21(22,23)24/h4-6,11-12,14-15,25H,3,7-10H2,1-2H3,(H,26,31)/t14-,15+. The van der Waals surface area contributed by atoms with Gasteiger partial charge in [0.25, 0.3) is 5.91 Å². The second kappa shape index (κ2) is 8.24. The highest BCUT2D eigenvalue weighted by molar-refractivity contribution is 5.92. The molecule has 0 spiro atoms. The van der Waals surface area contributed by atoms with Gasteiger partial charge in [-0.25, -0.2) is 4.98 Å². The topological polar surface area (TPSA) is 76.2 Å². The van der Waals surface area contributed by atoms with Crippen molar-refractivity contribution < 1.29 is 18.0 Å². The summed E-state index contributed by atoms with van der Waals surface area (Å²) in [5.74, 6) is 0.456. The lowest BCUT2D eigenvalue weighted by atomic mass is 9.91. The van der Waals surface area contributed by atoms with Gasteiger partial charge in [-0.3, -0.25) is 13.9 Å². The molecule has 31 heavy (non-hydrogen) atoms. The number of aryl methyl sites for hydroxylation is 2. The van der Waals surface area contributed by atoms with E-state index in [0.29, 0.717) is 18.1 Å². The monoisotopic (exact) mass is 434 g/mol. The molecule has 0 aliphatic heterocycles. The molecule has 1 saturated carbocycles. The summed E-state index contributed by atoms with van der Waals surface area (Å²) in [7, 11) is 0. The summed E-state index contributed by atoms with van der Waals surface area (Å²) in [5.41, 5.74) is 0.714. The maximum Gasteiger partial charge on any atom is 0.434 e. The van der Waals surface area contributed by atoms with Crippen molar-refractivity contribution in [3.05, 3.63) is 47.5 Å². The van der Waals surface area contributed by atoms with Gasteiger partial charge in [-0.1, -0.05) is 6.07 Å². The number of fused-ring (bicyclic) bond motifs is 1. The number of amides is 1. The van der Waals surface area contributed by atoms with Crippen LogP contribution in [0.1, 0.15) is 54.5 Å². The molecule has 1 fully saturated rings. The minimum Gasteiger partial charge on any atom is -0.368 e. The molecular weight excluding hydrogens is 409 g/mol. The lowest BCUT2D eigenvalue weighted by Gasteiger charge is -2.30. The first kappa shape index (κ1) is 21.2. The summed E-state index contributed by atoms with van der Waals surface area (Å²) in [6.45, 7) is 4.43. The van der Waals surface area contributed by atoms with Crippen LogP contribution in [0.25, 0.3) is 5.65 Å². The summed E-state index contributed by atoms with van der Waals surface area (Å²) in [4.78, 5) is 16.3. The average molecular weight is 434 g/mol. The van der Waals surface area contributed by atoms with Crippen LogP contribution < -0.4 is 10.6 Å². The molecule has 3 aromatic heterocycles. The molecule has 1 aliphatic carbocycles. The van der Waals surface area contributed by atoms with Gasteiger partial charge in [0.1, 0.15) is 17.2 Å². The molecule has 1 amide bonds. The first-order valence-electron chi connectivity index (χ1n) is 10.4. The minimum absolute atomic E-state index is 0.0620. The third kappa shape index (κ3) is 4.52. The third-order valence-electron chi connectivity index (χ3n) is 5.63. The first-order valence-corrected chi connectivity index (χ1v) is 10.4. The van der Waals surface area contributed by atoms with Gasteiger partial charge >= 0.3 is 6.18 Å². The molecule has 0 bridgehead atoms. The number of hydrogen-bond donors (Lipinski definition) is 2. The van der Waals surface area contributed by atoms with Crippen molar-refractivity contribution in [3.63, 3.8) is 0 Å². The van der Waals surface area contributed by atoms with Crippen LogP contribution in [0.4, 0.5) is 19.0 Å². The van der Waals surface area contributed by atoms with Crippen LogP contribution in [0.5, 0.6) is 0 Å². The van der Waals surface area contributed by atoms with Crippen LogP contribution in [-0.4, -0.2) is 37.2 Å². The van der Waals surface area contributed by atoms with Crippen molar-refractivity contribution in [1.29, 1.82) is 0 Å². The number of alkyl halides is 3. The molecule has 2 N–H and O–H groups in total. The van der Waals surface area contributed by atoms with E-state index in [-0.39, 0.29) is 23.6 Å². The minimum atomic E-state index is -4.48. The number of rotatable bonds is 5. The van der Waals surface area contributed by atoms with E-state index in [2.05, 4.69) is 20.7 Å². The predicted molar refractivity (Wildman–Crippen MR) is 110 cm³/mol. The summed E-state index contributed by atoms with van der Waals surface area (Å²) in [6.07, 6.45) is -0.289. The number of hydrogen-bond acceptors (Lipinski definition) is 4. The molecule has 0 unspecified atom stereocenters. The molecule has 0 radical (unpaired) electrons. The number of halogens is 3. The summed E-state index contributed by atoms with van der Waals surface area (Å²) in [6, 6.07) is 6.94. The molecule has 4 rings (SSSR count). The van der Waals surface area contributed by atoms with Crippen molar-refractivity contribution in [1.82, 2.24) is 24.5 Å². The largest absolute Gasteiger partial charge is 0.434 e. The molecule has 1 aliphatic rings. The smallest absolute Gasteiger partial charge is 0.368 e. The highest BCUT2D eigenvalue weighted by Gasteiger charge is 2.34. The Morgan fingerprint density at radius 2 is 1.90 bits per heavy atom. The first-order chi connectivity index (χ1) is 14.7. The van der Waals surface area contributed by atoms with E-state index in [1.807, 2.05) is 13.8 Å². The number of nitrogens with one attached hydrogen (secondary N) is 2. The second-order valence-electron chi connectivity index (χ2n) is 7.92. The van der Waals surface area contributed by atoms with Crippen molar-refractivity contribution in [2.75, 3.05) is 5.32 Å². The molecule has 3 heterocycles. The fourth-order valence-corrected chi connectivity index (χ4v) is 4.08. The van der Waals surface area contributed by atoms with Gasteiger partial charge in [-0.2, -0.15) is 18.3 Å². The van der Waals surface area contributed by atoms with Gasteiger partial charge in [-0.05, 0) is 57.7 Å². The van der Waals surface area contributed by atoms with E-state index in [9.17, 15) is 18.0 Å². The highest BCUT2D eigenvalue weighted by atomic mass is 19.4. The highest BCUT2D eigenvalue weighted by Crippen LogP contribution is 2.30. The van der Waals surface area contributed by atoms with Crippen LogP contribution in [0.3, 0.4) is 0 Å². The maximum absolute atomic E-state index is 13.0. The normalized spacial score (nSPS) is 19.5. The van der Waals surface area contributed by atoms with Crippen molar-refractivity contribution in [2.24, 2.45) is 0 Å². The van der Waals surface area contributed by atoms with E-state index in [4.69, 9.17) is 0 Å². The molecule has 0 saturated heterocycles. The Bertz CT molecular complexity index is 1080. The zero-order chi connectivity index (χ0) is 22.2. The molecule has 0 atom stereocenters. The summed E-state index contributed by atoms with van der Waals surface area (Å²) >= 11 is 0. The van der Waals surface area contributed by atoms with Crippen LogP contribution in [-0.2, 0) is 12.7 Å². The fraction of sp³-hybridized carbons (Fsp3) is 0.476. The number of imidazole rings is 1. The average Bonchev–Trinajstić information content (AvgIpc) is 3.33. The fourth-order valence-electron chi connectivity index (χ4n) is 4.08. The summed E-state index contributed by atoms with van der Waals surface area (Å²) < 4.78 is 42.1. The van der Waals surface area contributed by atoms with E-state index in [1.165, 1.54) is 4.40 Å². The Balaban J connectivity index is 1.37. The quantitative estimate of drug-likeness (QED) is 0.636. The second-order valence-corrected chi connectivity index (χ2v) is 7.92. The molecule has 10 heteroatoms. The Morgan fingerprint density at radius 3 is 2.58 bits per heavy atom. The maximum atomic E-state index is 13.0. The number of anilines is 1. The number of carbonyl (C=O) groups excluding carboxylic acids is 1. The molecule has 3 aromatic rings. The van der Waals surface area contributed by atoms with Crippen molar-refractivity contribution >= 4 is 17.4 Å². The van der Waals surface area contributed by atoms with Crippen LogP contribution >= 0.6 is 0 Å². The summed E-state index contributed by atoms with van der Waals surface area (Å²) in [5, 5.41) is 10.7. The van der Waals surface area contributed by atoms with Gasteiger partial charge < -0.3 is 10.6 Å². The van der Waals surface area contributed by atoms with Gasteiger partial charge in [0, 0.05) is 24.8 Å². The number of aromatic nitrogens is 4. The Morgan fingerprint density at radius 1 is 1.19 bits per heavy atom. The number of carbonyl (C=O) groups is 1. The molecule has 7 nitrogen and oxygen atoms in total. The zero-order valence-electron chi connectivity index (χ0n) is 17.4. The van der Waals surface area contributed by atoms with Crippen LogP contribution in [0.15, 0.2) is 30.5 Å². The number of pyridine rings is 1. The Hall–Kier alpha value is -3.04. The molecular formula is C21H25F3N6O. The van der Waals surface area contributed by atoms with Gasteiger partial charge in [0.05, 0.1) is 5.69 Å². The van der Waals surface area contributed by atoms with Gasteiger partial charge in [0.15, 0.2) is 5.69 Å². The third-order valence-corrected chi connectivity index (χ3v) is 5.63. The van der Waals surface area contributed by atoms with E-state index < -0.39 is 11.9 Å². The van der Waals surface area contributed by atoms with E-state index in [1.54, 1.807) is 28.9 Å². The Labute approximate surface area is 177 Å². The van der Waals surface area contributed by atoms with Gasteiger partial charge in [0.2, 0.25) is 0 Å². The molecule has 0 aromatic carbocycles. The zero-order valence-corrected chi connectivity index (χ0v) is 17.4. The lowest BCUT2D eigenvalue weighted by molar-refractivity contribution is -0.140. The van der Waals surface area contributed by atoms with Gasteiger partial charge in [-0.15, -0.1) is 0 Å². The predicted octanol–water partition coefficient (Wildman–Crippen LogP) is 4.03. The van der Waals surface area contributed by atoms with Crippen molar-refractivity contribution in [3.8, 4) is 0 Å². The lowest BCUT2D eigenvalue weighted by Crippen LogP contribution is -2.41. The van der Waals surface area contributed by atoms with E-state index >= 15 is 0 Å². The van der Waals surface area contributed by atoms with Crippen molar-refractivity contribution in [2.45, 2.75) is 64.3 Å². The Kier molecular flexibility index (Phi) is 5.63. The number of nitrogens with zero attached hydrogens (tertiary/aromatic N) is 4. The SMILES string of the molecule is CCn1nc(C)cc1C(=O)N[C@H]1CC[C@@H](Nc2cccc3nc(C(F)(F)F)cn23)CC1. The molecule has 166 valence electrons. The van der Waals surface area contributed by atoms with E-state index in [0.717, 1.165) is 37.6 Å². The van der Waals surface area contributed by atoms with Crippen LogP contribution in [0.2, 0.25) is 0 Å². The van der Waals surface area contributed by atoms with Crippen LogP contribution in [0, 0.1) is 6.92 Å².